The van der Waals surface area contributed by atoms with Crippen molar-refractivity contribution >= 4 is 28.8 Å². The van der Waals surface area contributed by atoms with E-state index in [0.29, 0.717) is 6.54 Å². The maximum Gasteiger partial charge on any atom is 0.407 e. The van der Waals surface area contributed by atoms with E-state index in [4.69, 9.17) is 0 Å². The Labute approximate surface area is 113 Å². The summed E-state index contributed by atoms with van der Waals surface area (Å²) in [7, 11) is 1.33. The van der Waals surface area contributed by atoms with E-state index in [1.165, 1.54) is 18.4 Å². The average molecular weight is 283 g/mol. The van der Waals surface area contributed by atoms with Crippen LogP contribution in [-0.2, 0) is 11.3 Å². The second-order valence-corrected chi connectivity index (χ2v) is 5.59. The van der Waals surface area contributed by atoms with Crippen molar-refractivity contribution in [2.24, 2.45) is 0 Å². The van der Waals surface area contributed by atoms with Crippen LogP contribution in [0.4, 0.5) is 4.79 Å². The second-order valence-electron chi connectivity index (χ2n) is 3.61. The molecule has 0 aliphatic heterocycles. The Morgan fingerprint density at radius 1 is 1.50 bits per heavy atom. The van der Waals surface area contributed by atoms with Gasteiger partial charge < -0.3 is 15.2 Å². The summed E-state index contributed by atoms with van der Waals surface area (Å²) in [6.07, 6.45) is -1.04. The first-order valence-electron chi connectivity index (χ1n) is 5.31. The van der Waals surface area contributed by atoms with Crippen LogP contribution in [-0.4, -0.2) is 18.3 Å². The smallest absolute Gasteiger partial charge is 0.407 e. The van der Waals surface area contributed by atoms with Crippen LogP contribution in [0.5, 0.6) is 0 Å². The minimum Gasteiger partial charge on any atom is -0.453 e. The summed E-state index contributed by atoms with van der Waals surface area (Å²) < 4.78 is 4.49. The predicted octanol–water partition coefficient (Wildman–Crippen LogP) is 2.75. The SMILES string of the molecule is COC(=O)NCc1ccc(C(O)c2ccsc2)s1. The fraction of sp³-hybridized carbons (Fsp3) is 0.250. The molecular weight excluding hydrogens is 270 g/mol. The van der Waals surface area contributed by atoms with Crippen molar-refractivity contribution in [2.45, 2.75) is 12.6 Å². The number of alkyl carbamates (subject to hydrolysis) is 1. The highest BCUT2D eigenvalue weighted by Crippen LogP contribution is 2.29. The van der Waals surface area contributed by atoms with Gasteiger partial charge >= 0.3 is 6.09 Å². The van der Waals surface area contributed by atoms with Crippen LogP contribution in [0.25, 0.3) is 0 Å². The summed E-state index contributed by atoms with van der Waals surface area (Å²) in [5, 5.41) is 16.6. The number of hydrogen-bond acceptors (Lipinski definition) is 5. The van der Waals surface area contributed by atoms with Crippen molar-refractivity contribution in [2.75, 3.05) is 7.11 Å². The molecule has 18 heavy (non-hydrogen) atoms. The van der Waals surface area contributed by atoms with Gasteiger partial charge in [0.1, 0.15) is 6.10 Å². The standard InChI is InChI=1S/C12H13NO3S2/c1-16-12(15)13-6-9-2-3-10(18-9)11(14)8-4-5-17-7-8/h2-5,7,11,14H,6H2,1H3,(H,13,15). The first-order valence-corrected chi connectivity index (χ1v) is 7.07. The lowest BCUT2D eigenvalue weighted by atomic mass is 10.2. The van der Waals surface area contributed by atoms with E-state index in [0.717, 1.165) is 15.3 Å². The molecule has 96 valence electrons. The van der Waals surface area contributed by atoms with E-state index in [1.54, 1.807) is 11.3 Å². The third-order valence-electron chi connectivity index (χ3n) is 2.40. The molecule has 2 heterocycles. The highest BCUT2D eigenvalue weighted by molar-refractivity contribution is 7.12. The largest absolute Gasteiger partial charge is 0.453 e. The molecule has 0 bridgehead atoms. The molecule has 1 unspecified atom stereocenters. The predicted molar refractivity (Wildman–Crippen MR) is 71.9 cm³/mol. The van der Waals surface area contributed by atoms with Crippen LogP contribution in [0.2, 0.25) is 0 Å². The molecule has 1 amide bonds. The molecule has 6 heteroatoms. The summed E-state index contributed by atoms with van der Waals surface area (Å²) in [6.45, 7) is 0.410. The lowest BCUT2D eigenvalue weighted by molar-refractivity contribution is 0.170. The maximum absolute atomic E-state index is 10.9. The lowest BCUT2D eigenvalue weighted by Gasteiger charge is -2.05. The van der Waals surface area contributed by atoms with E-state index in [1.807, 2.05) is 29.0 Å². The Morgan fingerprint density at radius 2 is 2.33 bits per heavy atom. The van der Waals surface area contributed by atoms with Crippen molar-refractivity contribution in [3.8, 4) is 0 Å². The highest BCUT2D eigenvalue weighted by atomic mass is 32.1. The van der Waals surface area contributed by atoms with Gasteiger partial charge in [-0.1, -0.05) is 0 Å². The Morgan fingerprint density at radius 3 is 3.00 bits per heavy atom. The number of amides is 1. The molecule has 2 aromatic rings. The molecule has 2 rings (SSSR count). The number of carbonyl (C=O) groups is 1. The van der Waals surface area contributed by atoms with Gasteiger partial charge in [0.05, 0.1) is 13.7 Å². The first kappa shape index (κ1) is 13.1. The Hall–Kier alpha value is -1.37. The number of thiophene rings is 2. The van der Waals surface area contributed by atoms with E-state index in [2.05, 4.69) is 10.1 Å². The molecule has 2 N–H and O–H groups in total. The number of hydrogen-bond donors (Lipinski definition) is 2. The minimum absolute atomic E-state index is 0.410. The molecule has 2 aromatic heterocycles. The van der Waals surface area contributed by atoms with Gasteiger partial charge in [0.15, 0.2) is 0 Å². The summed E-state index contributed by atoms with van der Waals surface area (Å²) in [4.78, 5) is 12.8. The number of aliphatic hydroxyl groups is 1. The third-order valence-corrected chi connectivity index (χ3v) is 4.24. The molecule has 0 saturated carbocycles. The maximum atomic E-state index is 10.9. The lowest BCUT2D eigenvalue weighted by Crippen LogP contribution is -2.21. The topological polar surface area (TPSA) is 58.6 Å². The monoisotopic (exact) mass is 283 g/mol. The van der Waals surface area contributed by atoms with Crippen LogP contribution in [0.1, 0.15) is 21.4 Å². The number of nitrogens with one attached hydrogen (secondary N) is 1. The molecule has 4 nitrogen and oxygen atoms in total. The van der Waals surface area contributed by atoms with Crippen molar-refractivity contribution in [3.63, 3.8) is 0 Å². The zero-order valence-corrected chi connectivity index (χ0v) is 11.4. The molecule has 0 spiro atoms. The molecule has 1 atom stereocenters. The van der Waals surface area contributed by atoms with Gasteiger partial charge in [-0.2, -0.15) is 11.3 Å². The van der Waals surface area contributed by atoms with Crippen LogP contribution < -0.4 is 5.32 Å². The van der Waals surface area contributed by atoms with Gasteiger partial charge in [-0.05, 0) is 34.5 Å². The highest BCUT2D eigenvalue weighted by Gasteiger charge is 2.13. The number of ether oxygens (including phenoxy) is 1. The van der Waals surface area contributed by atoms with Gasteiger partial charge in [-0.3, -0.25) is 0 Å². The zero-order valence-electron chi connectivity index (χ0n) is 9.75. The summed E-state index contributed by atoms with van der Waals surface area (Å²) in [5.41, 5.74) is 0.898. The number of methoxy groups -OCH3 is 1. The van der Waals surface area contributed by atoms with Gasteiger partial charge in [0.2, 0.25) is 0 Å². The van der Waals surface area contributed by atoms with Crippen molar-refractivity contribution in [3.05, 3.63) is 44.3 Å². The fourth-order valence-electron chi connectivity index (χ4n) is 1.46. The summed E-state index contributed by atoms with van der Waals surface area (Å²) in [5.74, 6) is 0. The van der Waals surface area contributed by atoms with Gasteiger partial charge in [-0.25, -0.2) is 4.79 Å². The van der Waals surface area contributed by atoms with Crippen molar-refractivity contribution in [1.29, 1.82) is 0 Å². The first-order chi connectivity index (χ1) is 8.70. The molecule has 0 aromatic carbocycles. The van der Waals surface area contributed by atoms with Crippen LogP contribution >= 0.6 is 22.7 Å². The van der Waals surface area contributed by atoms with Crippen LogP contribution in [0.15, 0.2) is 29.0 Å². The molecule has 0 radical (unpaired) electrons. The van der Waals surface area contributed by atoms with E-state index >= 15 is 0 Å². The zero-order chi connectivity index (χ0) is 13.0. The number of aliphatic hydroxyl groups excluding tert-OH is 1. The number of carbonyl (C=O) groups excluding carboxylic acids is 1. The molecule has 0 fully saturated rings. The van der Waals surface area contributed by atoms with Gasteiger partial charge in [0, 0.05) is 9.75 Å². The molecule has 0 saturated heterocycles. The Balaban J connectivity index is 1.99. The van der Waals surface area contributed by atoms with E-state index < -0.39 is 12.2 Å². The third kappa shape index (κ3) is 3.10. The minimum atomic E-state index is -0.590. The van der Waals surface area contributed by atoms with Crippen molar-refractivity contribution in [1.82, 2.24) is 5.32 Å². The van der Waals surface area contributed by atoms with Crippen molar-refractivity contribution < 1.29 is 14.6 Å². The average Bonchev–Trinajstić information content (AvgIpc) is 3.05. The van der Waals surface area contributed by atoms with E-state index in [-0.39, 0.29) is 0 Å². The second kappa shape index (κ2) is 5.99. The Bertz CT molecular complexity index is 507. The molecule has 0 aliphatic carbocycles. The molecular formula is C12H13NO3S2. The van der Waals surface area contributed by atoms with E-state index in [9.17, 15) is 9.90 Å². The summed E-state index contributed by atoms with van der Waals surface area (Å²) in [6, 6.07) is 5.67. The molecule has 0 aliphatic rings. The van der Waals surface area contributed by atoms with Crippen LogP contribution in [0, 0.1) is 0 Å². The Kier molecular flexibility index (Phi) is 4.35. The fourth-order valence-corrected chi connectivity index (χ4v) is 3.11. The van der Waals surface area contributed by atoms with Gasteiger partial charge in [0.25, 0.3) is 0 Å². The normalized spacial score (nSPS) is 12.1. The van der Waals surface area contributed by atoms with Crippen LogP contribution in [0.3, 0.4) is 0 Å². The van der Waals surface area contributed by atoms with Gasteiger partial charge in [-0.15, -0.1) is 11.3 Å². The summed E-state index contributed by atoms with van der Waals surface area (Å²) >= 11 is 3.03. The quantitative estimate of drug-likeness (QED) is 0.907. The number of rotatable bonds is 4.